The van der Waals surface area contributed by atoms with Gasteiger partial charge in [0.1, 0.15) is 24.1 Å². The normalized spacial score (nSPS) is 14.8. The second kappa shape index (κ2) is 6.19. The molecule has 1 aromatic carbocycles. The molecule has 1 aliphatic rings. The van der Waals surface area contributed by atoms with Gasteiger partial charge >= 0.3 is 0 Å². The van der Waals surface area contributed by atoms with Crippen molar-refractivity contribution in [3.8, 4) is 0 Å². The molecule has 0 saturated carbocycles. The maximum atomic E-state index is 12.8. The first-order valence-corrected chi connectivity index (χ1v) is 6.13. The van der Waals surface area contributed by atoms with Gasteiger partial charge in [-0.05, 0) is 24.1 Å². The van der Waals surface area contributed by atoms with E-state index in [0.717, 1.165) is 30.2 Å². The molecule has 0 fully saturated rings. The number of benzene rings is 1. The second-order valence-corrected chi connectivity index (χ2v) is 4.24. The lowest BCUT2D eigenvalue weighted by atomic mass is 10.1. The summed E-state index contributed by atoms with van der Waals surface area (Å²) in [6.07, 6.45) is 2.66. The molecule has 0 aromatic heterocycles. The van der Waals surface area contributed by atoms with Crippen molar-refractivity contribution in [2.75, 3.05) is 20.3 Å². The number of hydrazine groups is 1. The van der Waals surface area contributed by atoms with E-state index < -0.39 is 0 Å². The first-order valence-electron chi connectivity index (χ1n) is 6.13. The Labute approximate surface area is 112 Å². The molecule has 0 aliphatic carbocycles. The van der Waals surface area contributed by atoms with Gasteiger partial charge in [-0.2, -0.15) is 0 Å². The summed E-state index contributed by atoms with van der Waals surface area (Å²) < 4.78 is 12.8. The Morgan fingerprint density at radius 1 is 1.37 bits per heavy atom. The van der Waals surface area contributed by atoms with Crippen LogP contribution in [0.4, 0.5) is 4.39 Å². The molecule has 2 rings (SSSR count). The summed E-state index contributed by atoms with van der Waals surface area (Å²) in [4.78, 5) is 4.20. The molecule has 0 atom stereocenters. The van der Waals surface area contributed by atoms with Crippen molar-refractivity contribution in [3.05, 3.63) is 47.5 Å². The van der Waals surface area contributed by atoms with E-state index in [9.17, 15) is 4.39 Å². The molecule has 0 amide bonds. The molecular formula is C13H18FN5. The minimum absolute atomic E-state index is 0.213. The largest absolute Gasteiger partial charge is 0.373 e. The highest BCUT2D eigenvalue weighted by Crippen LogP contribution is 2.05. The van der Waals surface area contributed by atoms with Crippen LogP contribution in [0, 0.1) is 5.82 Å². The molecule has 0 saturated heterocycles. The Morgan fingerprint density at radius 2 is 2.11 bits per heavy atom. The van der Waals surface area contributed by atoms with Gasteiger partial charge in [-0.15, -0.1) is 0 Å². The molecule has 1 aliphatic heterocycles. The molecule has 19 heavy (non-hydrogen) atoms. The zero-order valence-corrected chi connectivity index (χ0v) is 10.9. The van der Waals surface area contributed by atoms with Gasteiger partial charge < -0.3 is 10.6 Å². The molecule has 1 aromatic rings. The number of likely N-dealkylation sites (N-methyl/N-ethyl adjacent to an activating group) is 1. The van der Waals surface area contributed by atoms with E-state index >= 15 is 0 Å². The summed E-state index contributed by atoms with van der Waals surface area (Å²) >= 11 is 0. The maximum absolute atomic E-state index is 12.8. The van der Waals surface area contributed by atoms with Gasteiger partial charge in [-0.25, -0.2) is 15.2 Å². The summed E-state index contributed by atoms with van der Waals surface area (Å²) in [6, 6.07) is 6.51. The number of amidine groups is 1. The summed E-state index contributed by atoms with van der Waals surface area (Å²) in [7, 11) is 1.82. The zero-order chi connectivity index (χ0) is 13.7. The lowest BCUT2D eigenvalue weighted by Crippen LogP contribution is -2.42. The van der Waals surface area contributed by atoms with E-state index in [1.165, 1.54) is 12.1 Å². The van der Waals surface area contributed by atoms with Crippen LogP contribution in [0.1, 0.15) is 5.56 Å². The third-order valence-electron chi connectivity index (χ3n) is 2.87. The molecule has 5 nitrogen and oxygen atoms in total. The SMILES string of the molecule is CNC1=NCN(N)C(NCCc2ccc(F)cc2)=C1. The highest BCUT2D eigenvalue weighted by Gasteiger charge is 2.10. The van der Waals surface area contributed by atoms with Crippen LogP contribution in [0.3, 0.4) is 0 Å². The van der Waals surface area contributed by atoms with E-state index in [4.69, 9.17) is 5.84 Å². The Bertz CT molecular complexity index is 480. The standard InChI is InChI=1S/C13H18FN5/c1-16-12-8-13(19(15)9-18-12)17-7-6-10-2-4-11(14)5-3-10/h2-5,8,17H,6-7,9,15H2,1H3,(H,16,18). The van der Waals surface area contributed by atoms with Gasteiger partial charge in [0.15, 0.2) is 0 Å². The van der Waals surface area contributed by atoms with E-state index in [2.05, 4.69) is 15.6 Å². The molecule has 4 N–H and O–H groups in total. The van der Waals surface area contributed by atoms with Crippen LogP contribution in [0.5, 0.6) is 0 Å². The minimum atomic E-state index is -0.213. The Balaban J connectivity index is 1.86. The fourth-order valence-corrected chi connectivity index (χ4v) is 1.78. The lowest BCUT2D eigenvalue weighted by Gasteiger charge is -2.25. The van der Waals surface area contributed by atoms with E-state index in [1.807, 2.05) is 13.1 Å². The van der Waals surface area contributed by atoms with Gasteiger partial charge in [0.2, 0.25) is 0 Å². The van der Waals surface area contributed by atoms with Crippen molar-refractivity contribution < 1.29 is 4.39 Å². The molecule has 6 heteroatoms. The molecule has 1 heterocycles. The predicted octanol–water partition coefficient (Wildman–Crippen LogP) is 0.564. The molecule has 0 unspecified atom stereocenters. The van der Waals surface area contributed by atoms with E-state index in [1.54, 1.807) is 17.1 Å². The van der Waals surface area contributed by atoms with Crippen LogP contribution < -0.4 is 16.5 Å². The highest BCUT2D eigenvalue weighted by atomic mass is 19.1. The van der Waals surface area contributed by atoms with Crippen molar-refractivity contribution in [2.45, 2.75) is 6.42 Å². The van der Waals surface area contributed by atoms with Crippen molar-refractivity contribution in [3.63, 3.8) is 0 Å². The number of halogens is 1. The third-order valence-corrected chi connectivity index (χ3v) is 2.87. The van der Waals surface area contributed by atoms with Crippen molar-refractivity contribution in [1.29, 1.82) is 0 Å². The van der Waals surface area contributed by atoms with Gasteiger partial charge in [0.05, 0.1) is 0 Å². The number of hydrogen-bond acceptors (Lipinski definition) is 5. The van der Waals surface area contributed by atoms with Gasteiger partial charge in [0, 0.05) is 19.7 Å². The molecule has 0 radical (unpaired) electrons. The molecule has 102 valence electrons. The summed E-state index contributed by atoms with van der Waals surface area (Å²) in [5.41, 5.74) is 1.08. The number of nitrogens with one attached hydrogen (secondary N) is 2. The monoisotopic (exact) mass is 263 g/mol. The Kier molecular flexibility index (Phi) is 4.35. The van der Waals surface area contributed by atoms with E-state index in [-0.39, 0.29) is 5.82 Å². The fraction of sp³-hybridized carbons (Fsp3) is 0.308. The third kappa shape index (κ3) is 3.69. The average molecular weight is 263 g/mol. The number of nitrogens with zero attached hydrogens (tertiary/aromatic N) is 2. The maximum Gasteiger partial charge on any atom is 0.128 e. The fourth-order valence-electron chi connectivity index (χ4n) is 1.78. The Morgan fingerprint density at radius 3 is 2.79 bits per heavy atom. The summed E-state index contributed by atoms with van der Waals surface area (Å²) in [6.45, 7) is 1.15. The van der Waals surface area contributed by atoms with Gasteiger partial charge in [-0.1, -0.05) is 12.1 Å². The quantitative estimate of drug-likeness (QED) is 0.695. The predicted molar refractivity (Wildman–Crippen MR) is 73.6 cm³/mol. The van der Waals surface area contributed by atoms with E-state index in [0.29, 0.717) is 6.67 Å². The van der Waals surface area contributed by atoms with Gasteiger partial charge in [0.25, 0.3) is 0 Å². The summed E-state index contributed by atoms with van der Waals surface area (Å²) in [5, 5.41) is 7.77. The van der Waals surface area contributed by atoms with Crippen molar-refractivity contribution in [2.24, 2.45) is 10.8 Å². The van der Waals surface area contributed by atoms with Crippen molar-refractivity contribution in [1.82, 2.24) is 15.6 Å². The van der Waals surface area contributed by atoms with Crippen LogP contribution in [0.15, 0.2) is 41.2 Å². The smallest absolute Gasteiger partial charge is 0.128 e. The first-order chi connectivity index (χ1) is 9.19. The highest BCUT2D eigenvalue weighted by molar-refractivity contribution is 5.93. The second-order valence-electron chi connectivity index (χ2n) is 4.24. The van der Waals surface area contributed by atoms with Crippen LogP contribution in [0.25, 0.3) is 0 Å². The van der Waals surface area contributed by atoms with Crippen molar-refractivity contribution >= 4 is 5.84 Å². The molecular weight excluding hydrogens is 245 g/mol. The van der Waals surface area contributed by atoms with Gasteiger partial charge in [-0.3, -0.25) is 5.01 Å². The first kappa shape index (κ1) is 13.4. The molecule has 0 spiro atoms. The lowest BCUT2D eigenvalue weighted by molar-refractivity contribution is 0.337. The van der Waals surface area contributed by atoms with Crippen LogP contribution in [-0.2, 0) is 6.42 Å². The zero-order valence-electron chi connectivity index (χ0n) is 10.9. The number of hydrogen-bond donors (Lipinski definition) is 3. The summed E-state index contributed by atoms with van der Waals surface area (Å²) in [5.74, 6) is 7.22. The minimum Gasteiger partial charge on any atom is -0.373 e. The van der Waals surface area contributed by atoms with Crippen LogP contribution in [0.2, 0.25) is 0 Å². The topological polar surface area (TPSA) is 65.7 Å². The number of nitrogens with two attached hydrogens (primary N) is 1. The van der Waals surface area contributed by atoms with Crippen LogP contribution in [-0.4, -0.2) is 31.1 Å². The van der Waals surface area contributed by atoms with Crippen LogP contribution >= 0.6 is 0 Å². The molecule has 0 bridgehead atoms. The number of aliphatic imine (C=N–C) groups is 1. The average Bonchev–Trinajstić information content (AvgIpc) is 2.43. The number of rotatable bonds is 4. The Hall–Kier alpha value is -2.08.